The van der Waals surface area contributed by atoms with Gasteiger partial charge in [0.15, 0.2) is 0 Å². The highest BCUT2D eigenvalue weighted by Crippen LogP contribution is 2.54. The van der Waals surface area contributed by atoms with Crippen LogP contribution in [0.2, 0.25) is 0 Å². The Morgan fingerprint density at radius 2 is 1.83 bits per heavy atom. The summed E-state index contributed by atoms with van der Waals surface area (Å²) in [4.78, 5) is 44.7. The molecule has 1 spiro atoms. The van der Waals surface area contributed by atoms with Crippen LogP contribution in [0.1, 0.15) is 25.0 Å². The van der Waals surface area contributed by atoms with Gasteiger partial charge in [0.25, 0.3) is 5.91 Å². The molecule has 4 aliphatic heterocycles. The van der Waals surface area contributed by atoms with Crippen LogP contribution in [-0.4, -0.2) is 71.3 Å². The molecule has 0 aromatic heterocycles. The minimum absolute atomic E-state index is 0.120. The molecule has 2 amide bonds. The number of amides is 2. The maximum absolute atomic E-state index is 14.4. The van der Waals surface area contributed by atoms with Crippen molar-refractivity contribution in [3.63, 3.8) is 0 Å². The van der Waals surface area contributed by atoms with Crippen LogP contribution >= 0.6 is 0 Å². The van der Waals surface area contributed by atoms with Gasteiger partial charge in [0.1, 0.15) is 24.2 Å². The predicted molar refractivity (Wildman–Crippen MR) is 128 cm³/mol. The summed E-state index contributed by atoms with van der Waals surface area (Å²) in [6.45, 7) is 7.84. The normalized spacial score (nSPS) is 32.8. The topological polar surface area (TPSA) is 96.4 Å². The molecule has 1 N–H and O–H groups in total. The van der Waals surface area contributed by atoms with Gasteiger partial charge >= 0.3 is 5.97 Å². The fraction of sp³-hybridized carbons (Fsp3) is 0.519. The Bertz CT molecular complexity index is 1110. The average Bonchev–Trinajstić information content (AvgIpc) is 3.10. The smallest absolute Gasteiger partial charge is 0.313 e. The lowest BCUT2D eigenvalue weighted by molar-refractivity contribution is -0.154. The number of hydrogen-bond donors (Lipinski definition) is 1. The van der Waals surface area contributed by atoms with Gasteiger partial charge in [0.2, 0.25) is 5.91 Å². The second-order valence-corrected chi connectivity index (χ2v) is 10.2. The summed E-state index contributed by atoms with van der Waals surface area (Å²) in [5.41, 5.74) is 1.35. The average molecular weight is 481 g/mol. The molecule has 8 heteroatoms. The molecule has 4 aliphatic rings. The molecule has 8 nitrogen and oxygen atoms in total. The number of cyclic esters (lactones) is 1. The fourth-order valence-corrected chi connectivity index (χ4v) is 6.32. The second-order valence-electron chi connectivity index (χ2n) is 10.2. The summed E-state index contributed by atoms with van der Waals surface area (Å²) in [6.07, 6.45) is 6.47. The molecule has 0 bridgehead atoms. The third-order valence-corrected chi connectivity index (χ3v) is 7.87. The van der Waals surface area contributed by atoms with E-state index in [1.807, 2.05) is 52.0 Å². The van der Waals surface area contributed by atoms with E-state index in [0.29, 0.717) is 6.54 Å². The van der Waals surface area contributed by atoms with E-state index in [1.54, 1.807) is 23.1 Å². The van der Waals surface area contributed by atoms with E-state index in [9.17, 15) is 19.5 Å². The molecule has 1 aromatic carbocycles. The molecular formula is C27H32N2O6. The Morgan fingerprint density at radius 1 is 1.11 bits per heavy atom. The summed E-state index contributed by atoms with van der Waals surface area (Å²) < 4.78 is 11.9. The van der Waals surface area contributed by atoms with Gasteiger partial charge in [-0.1, -0.05) is 50.3 Å². The maximum atomic E-state index is 14.4. The monoisotopic (exact) mass is 480 g/mol. The minimum Gasteiger partial charge on any atom is -0.461 e. The number of benzene rings is 1. The molecule has 2 fully saturated rings. The molecule has 186 valence electrons. The van der Waals surface area contributed by atoms with Gasteiger partial charge in [0.05, 0.1) is 24.7 Å². The van der Waals surface area contributed by atoms with E-state index in [2.05, 4.69) is 0 Å². The SMILES string of the molecule is Cc1cccc(C)c1N1CC=C[C@]23O[C@H]4C=CCOC(=O)[C@H]4[C@H]2C(=O)N([C@@H](CO)C(C)C)C3C1=O. The number of hydrogen-bond acceptors (Lipinski definition) is 6. The lowest BCUT2D eigenvalue weighted by Gasteiger charge is -2.40. The van der Waals surface area contributed by atoms with Gasteiger partial charge in [-0.05, 0) is 37.0 Å². The first-order valence-corrected chi connectivity index (χ1v) is 12.2. The second kappa shape index (κ2) is 8.60. The van der Waals surface area contributed by atoms with Gasteiger partial charge in [-0.2, -0.15) is 0 Å². The minimum atomic E-state index is -1.34. The van der Waals surface area contributed by atoms with Crippen LogP contribution in [0.4, 0.5) is 5.69 Å². The number of esters is 1. The van der Waals surface area contributed by atoms with Crippen LogP contribution in [0, 0.1) is 31.6 Å². The van der Waals surface area contributed by atoms with Crippen molar-refractivity contribution < 1.29 is 29.0 Å². The molecule has 0 radical (unpaired) electrons. The Labute approximate surface area is 205 Å². The zero-order valence-electron chi connectivity index (χ0n) is 20.5. The first-order chi connectivity index (χ1) is 16.7. The number of carbonyl (C=O) groups is 3. The van der Waals surface area contributed by atoms with Crippen LogP contribution in [0.3, 0.4) is 0 Å². The van der Waals surface area contributed by atoms with Crippen molar-refractivity contribution in [1.29, 1.82) is 0 Å². The van der Waals surface area contributed by atoms with Crippen molar-refractivity contribution in [1.82, 2.24) is 4.90 Å². The molecule has 6 atom stereocenters. The van der Waals surface area contributed by atoms with E-state index < -0.39 is 41.6 Å². The summed E-state index contributed by atoms with van der Waals surface area (Å²) in [6, 6.07) is 4.22. The molecule has 2 saturated heterocycles. The largest absolute Gasteiger partial charge is 0.461 e. The molecule has 35 heavy (non-hydrogen) atoms. The Balaban J connectivity index is 1.69. The Kier molecular flexibility index (Phi) is 5.84. The van der Waals surface area contributed by atoms with E-state index in [0.717, 1.165) is 16.8 Å². The lowest BCUT2D eigenvalue weighted by Crippen LogP contribution is -2.59. The molecule has 0 aliphatic carbocycles. The molecule has 4 heterocycles. The van der Waals surface area contributed by atoms with E-state index in [-0.39, 0.29) is 30.9 Å². The first kappa shape index (κ1) is 23.8. The highest BCUT2D eigenvalue weighted by molar-refractivity contribution is 6.06. The number of aryl methyl sites for hydroxylation is 2. The van der Waals surface area contributed by atoms with Gasteiger partial charge in [0, 0.05) is 12.2 Å². The first-order valence-electron chi connectivity index (χ1n) is 12.2. The number of ether oxygens (including phenoxy) is 2. The number of carbonyl (C=O) groups excluding carboxylic acids is 3. The van der Waals surface area contributed by atoms with Gasteiger partial charge in [-0.15, -0.1) is 0 Å². The zero-order chi connectivity index (χ0) is 25.1. The van der Waals surface area contributed by atoms with Crippen LogP contribution in [0.25, 0.3) is 0 Å². The highest BCUT2D eigenvalue weighted by Gasteiger charge is 2.72. The summed E-state index contributed by atoms with van der Waals surface area (Å²) in [7, 11) is 0. The van der Waals surface area contributed by atoms with Gasteiger partial charge < -0.3 is 24.4 Å². The summed E-state index contributed by atoms with van der Waals surface area (Å²) >= 11 is 0. The number of nitrogens with zero attached hydrogens (tertiary/aromatic N) is 2. The van der Waals surface area contributed by atoms with Crippen LogP contribution in [0.15, 0.2) is 42.5 Å². The maximum Gasteiger partial charge on any atom is 0.313 e. The third-order valence-electron chi connectivity index (χ3n) is 7.87. The van der Waals surface area contributed by atoms with Crippen molar-refractivity contribution in [2.45, 2.75) is 51.5 Å². The number of aliphatic hydroxyl groups is 1. The van der Waals surface area contributed by atoms with Crippen molar-refractivity contribution in [3.8, 4) is 0 Å². The van der Waals surface area contributed by atoms with Crippen molar-refractivity contribution >= 4 is 23.5 Å². The van der Waals surface area contributed by atoms with Crippen LogP contribution < -0.4 is 4.90 Å². The number of aliphatic hydroxyl groups excluding tert-OH is 1. The quantitative estimate of drug-likeness (QED) is 0.523. The Hall–Kier alpha value is -2.97. The number of para-hydroxylation sites is 1. The summed E-state index contributed by atoms with van der Waals surface area (Å²) in [5, 5.41) is 10.3. The fourth-order valence-electron chi connectivity index (χ4n) is 6.32. The zero-order valence-corrected chi connectivity index (χ0v) is 20.5. The van der Waals surface area contributed by atoms with E-state index in [1.165, 1.54) is 4.90 Å². The van der Waals surface area contributed by atoms with Crippen molar-refractivity contribution in [2.24, 2.45) is 17.8 Å². The standard InChI is InChI=1S/C27H32N2O6/c1-15(2)18(14-30)29-23-25(32)28(22-16(3)8-5-9-17(22)4)12-7-11-27(23)21(24(29)31)20-19(35-27)10-6-13-34-26(20)33/h5-11,15,18-21,23,30H,12-14H2,1-4H3/t18-,19-,20+,21-,23?,27-/m0/s1. The third kappa shape index (κ3) is 3.37. The molecule has 1 aromatic rings. The number of likely N-dealkylation sites (tertiary alicyclic amines) is 1. The molecule has 1 unspecified atom stereocenters. The molecular weight excluding hydrogens is 448 g/mol. The highest BCUT2D eigenvalue weighted by atomic mass is 16.6. The number of fused-ring (bicyclic) bond motifs is 2. The van der Waals surface area contributed by atoms with Gasteiger partial charge in [-0.25, -0.2) is 0 Å². The van der Waals surface area contributed by atoms with Crippen LogP contribution in [-0.2, 0) is 23.9 Å². The number of rotatable bonds is 4. The van der Waals surface area contributed by atoms with Crippen molar-refractivity contribution in [2.75, 3.05) is 24.7 Å². The summed E-state index contributed by atoms with van der Waals surface area (Å²) in [5.74, 6) is -3.04. The number of anilines is 1. The van der Waals surface area contributed by atoms with Gasteiger partial charge in [-0.3, -0.25) is 14.4 Å². The molecule has 5 rings (SSSR count). The molecule has 0 saturated carbocycles. The van der Waals surface area contributed by atoms with Crippen LogP contribution in [0.5, 0.6) is 0 Å². The van der Waals surface area contributed by atoms with Crippen molar-refractivity contribution in [3.05, 3.63) is 53.6 Å². The van der Waals surface area contributed by atoms with E-state index >= 15 is 0 Å². The lowest BCUT2D eigenvalue weighted by atomic mass is 9.78. The Morgan fingerprint density at radius 3 is 2.49 bits per heavy atom. The predicted octanol–water partition coefficient (Wildman–Crippen LogP) is 1.92. The van der Waals surface area contributed by atoms with E-state index in [4.69, 9.17) is 9.47 Å².